The summed E-state index contributed by atoms with van der Waals surface area (Å²) in [6, 6.07) is 19.7. The smallest absolute Gasteiger partial charge is 0.129 e. The molecular weight excluding hydrogens is 380 g/mol. The number of H-pyrrole nitrogens is 1. The first-order valence-corrected chi connectivity index (χ1v) is 9.91. The molecule has 6 nitrogen and oxygen atoms in total. The number of ether oxygens (including phenoxy) is 3. The zero-order valence-electron chi connectivity index (χ0n) is 17.1. The van der Waals surface area contributed by atoms with E-state index in [2.05, 4.69) is 16.4 Å². The fraction of sp³-hybridized carbons (Fsp3) is 0.250. The number of fused-ring (bicyclic) bond motifs is 3. The Hall–Kier alpha value is -3.22. The third kappa shape index (κ3) is 4.20. The molecule has 3 aromatic carbocycles. The van der Waals surface area contributed by atoms with Gasteiger partial charge < -0.3 is 29.6 Å². The van der Waals surface area contributed by atoms with Gasteiger partial charge in [0, 0.05) is 41.0 Å². The number of hydrogen-bond donors (Lipinski definition) is 3. The molecule has 0 aliphatic heterocycles. The Labute approximate surface area is 175 Å². The lowest BCUT2D eigenvalue weighted by atomic mass is 10.1. The molecule has 0 aliphatic rings. The third-order valence-electron chi connectivity index (χ3n) is 5.11. The molecule has 1 atom stereocenters. The quantitative estimate of drug-likeness (QED) is 0.393. The predicted molar refractivity (Wildman–Crippen MR) is 119 cm³/mol. The van der Waals surface area contributed by atoms with Crippen LogP contribution in [0.5, 0.6) is 17.2 Å². The number of aromatic amines is 1. The third-order valence-corrected chi connectivity index (χ3v) is 5.11. The minimum absolute atomic E-state index is 0.200. The maximum Gasteiger partial charge on any atom is 0.129 e. The maximum absolute atomic E-state index is 10.4. The van der Waals surface area contributed by atoms with Crippen molar-refractivity contribution in [2.45, 2.75) is 12.6 Å². The van der Waals surface area contributed by atoms with Crippen LogP contribution in [0.25, 0.3) is 21.8 Å². The van der Waals surface area contributed by atoms with Crippen LogP contribution in [-0.4, -0.2) is 43.6 Å². The summed E-state index contributed by atoms with van der Waals surface area (Å²) in [5.41, 5.74) is 3.09. The second-order valence-corrected chi connectivity index (χ2v) is 7.12. The van der Waals surface area contributed by atoms with E-state index in [1.165, 1.54) is 0 Å². The van der Waals surface area contributed by atoms with Crippen molar-refractivity contribution in [3.63, 3.8) is 0 Å². The van der Waals surface area contributed by atoms with Gasteiger partial charge in [-0.15, -0.1) is 0 Å². The van der Waals surface area contributed by atoms with Gasteiger partial charge in [0.2, 0.25) is 0 Å². The number of methoxy groups -OCH3 is 2. The second kappa shape index (κ2) is 9.07. The van der Waals surface area contributed by atoms with Gasteiger partial charge in [-0.25, -0.2) is 0 Å². The zero-order valence-corrected chi connectivity index (χ0v) is 17.1. The number of rotatable bonds is 9. The Morgan fingerprint density at radius 1 is 0.933 bits per heavy atom. The number of benzene rings is 3. The van der Waals surface area contributed by atoms with Crippen LogP contribution in [0.4, 0.5) is 0 Å². The van der Waals surface area contributed by atoms with Gasteiger partial charge in [0.15, 0.2) is 0 Å². The molecule has 0 saturated carbocycles. The lowest BCUT2D eigenvalue weighted by Crippen LogP contribution is -2.31. The highest BCUT2D eigenvalue weighted by molar-refractivity contribution is 6.10. The van der Waals surface area contributed by atoms with E-state index in [0.717, 1.165) is 44.6 Å². The van der Waals surface area contributed by atoms with Crippen molar-refractivity contribution in [1.82, 2.24) is 10.3 Å². The highest BCUT2D eigenvalue weighted by Gasteiger charge is 2.12. The molecule has 0 radical (unpaired) electrons. The van der Waals surface area contributed by atoms with E-state index >= 15 is 0 Å². The molecule has 0 saturated heterocycles. The van der Waals surface area contributed by atoms with Crippen molar-refractivity contribution in [3.05, 3.63) is 66.2 Å². The first-order valence-electron chi connectivity index (χ1n) is 9.91. The van der Waals surface area contributed by atoms with E-state index in [-0.39, 0.29) is 6.61 Å². The van der Waals surface area contributed by atoms with Crippen LogP contribution in [0.2, 0.25) is 0 Å². The van der Waals surface area contributed by atoms with E-state index in [0.29, 0.717) is 13.1 Å². The van der Waals surface area contributed by atoms with Crippen LogP contribution < -0.4 is 19.5 Å². The molecule has 1 aromatic heterocycles. The van der Waals surface area contributed by atoms with Gasteiger partial charge in [-0.05, 0) is 24.3 Å². The first kappa shape index (κ1) is 20.1. The Morgan fingerprint density at radius 3 is 2.60 bits per heavy atom. The molecule has 0 fully saturated rings. The van der Waals surface area contributed by atoms with Crippen molar-refractivity contribution >= 4 is 21.8 Å². The monoisotopic (exact) mass is 406 g/mol. The standard InChI is InChI=1S/C24H26N2O4/c1-28-18-11-10-16(23(12-18)29-2)13-25-14-17(27)15-30-22-9-5-8-21-24(22)19-6-3-4-7-20(19)26-21/h3-12,17,25-27H,13-15H2,1-2H3/t17-/m0/s1. The minimum atomic E-state index is -0.644. The van der Waals surface area contributed by atoms with Crippen molar-refractivity contribution in [2.75, 3.05) is 27.4 Å². The zero-order chi connectivity index (χ0) is 20.9. The SMILES string of the molecule is COc1ccc(CNC[C@H](O)COc2cccc3[nH]c4ccccc4c23)c(OC)c1. The highest BCUT2D eigenvalue weighted by Crippen LogP contribution is 2.33. The van der Waals surface area contributed by atoms with Crippen LogP contribution in [0.1, 0.15) is 5.56 Å². The normalized spacial score (nSPS) is 12.2. The van der Waals surface area contributed by atoms with Crippen LogP contribution in [0.15, 0.2) is 60.7 Å². The van der Waals surface area contributed by atoms with Crippen molar-refractivity contribution in [1.29, 1.82) is 0 Å². The molecule has 4 rings (SSSR count). The van der Waals surface area contributed by atoms with Gasteiger partial charge in [0.1, 0.15) is 30.0 Å². The maximum atomic E-state index is 10.4. The Kier molecular flexibility index (Phi) is 6.07. The van der Waals surface area contributed by atoms with E-state index < -0.39 is 6.10 Å². The van der Waals surface area contributed by atoms with Crippen LogP contribution in [0.3, 0.4) is 0 Å². The van der Waals surface area contributed by atoms with Gasteiger partial charge in [0.25, 0.3) is 0 Å². The molecule has 0 amide bonds. The van der Waals surface area contributed by atoms with Gasteiger partial charge in [-0.1, -0.05) is 30.3 Å². The molecule has 0 aliphatic carbocycles. The lowest BCUT2D eigenvalue weighted by Gasteiger charge is -2.15. The van der Waals surface area contributed by atoms with E-state index in [1.54, 1.807) is 14.2 Å². The number of hydrogen-bond acceptors (Lipinski definition) is 5. The molecule has 156 valence electrons. The van der Waals surface area contributed by atoms with Crippen molar-refractivity contribution < 1.29 is 19.3 Å². The molecule has 0 unspecified atom stereocenters. The summed E-state index contributed by atoms with van der Waals surface area (Å²) in [6.45, 7) is 1.17. The minimum Gasteiger partial charge on any atom is -0.497 e. The Morgan fingerprint density at radius 2 is 1.77 bits per heavy atom. The van der Waals surface area contributed by atoms with Crippen LogP contribution in [0, 0.1) is 0 Å². The summed E-state index contributed by atoms with van der Waals surface area (Å²) < 4.78 is 16.6. The van der Waals surface area contributed by atoms with Gasteiger partial charge in [-0.2, -0.15) is 0 Å². The predicted octanol–water partition coefficient (Wildman–Crippen LogP) is 3.87. The summed E-state index contributed by atoms with van der Waals surface area (Å²) >= 11 is 0. The van der Waals surface area contributed by atoms with Crippen LogP contribution in [-0.2, 0) is 6.54 Å². The largest absolute Gasteiger partial charge is 0.497 e. The van der Waals surface area contributed by atoms with Crippen molar-refractivity contribution in [3.8, 4) is 17.2 Å². The lowest BCUT2D eigenvalue weighted by molar-refractivity contribution is 0.107. The fourth-order valence-corrected chi connectivity index (χ4v) is 3.60. The first-order chi connectivity index (χ1) is 14.7. The van der Waals surface area contributed by atoms with Gasteiger partial charge >= 0.3 is 0 Å². The molecule has 1 heterocycles. The van der Waals surface area contributed by atoms with E-state index in [1.807, 2.05) is 54.6 Å². The fourth-order valence-electron chi connectivity index (χ4n) is 3.60. The second-order valence-electron chi connectivity index (χ2n) is 7.12. The topological polar surface area (TPSA) is 75.7 Å². The summed E-state index contributed by atoms with van der Waals surface area (Å²) in [6.07, 6.45) is -0.644. The average Bonchev–Trinajstić information content (AvgIpc) is 3.17. The van der Waals surface area contributed by atoms with Gasteiger partial charge in [0.05, 0.1) is 19.7 Å². The number of para-hydroxylation sites is 1. The highest BCUT2D eigenvalue weighted by atomic mass is 16.5. The van der Waals surface area contributed by atoms with Gasteiger partial charge in [-0.3, -0.25) is 0 Å². The average molecular weight is 406 g/mol. The van der Waals surface area contributed by atoms with Crippen LogP contribution >= 0.6 is 0 Å². The van der Waals surface area contributed by atoms with Crippen molar-refractivity contribution in [2.24, 2.45) is 0 Å². The Bertz CT molecular complexity index is 1140. The number of aliphatic hydroxyl groups is 1. The molecule has 30 heavy (non-hydrogen) atoms. The molecule has 3 N–H and O–H groups in total. The molecule has 4 aromatic rings. The molecule has 6 heteroatoms. The Balaban J connectivity index is 1.36. The number of aromatic nitrogens is 1. The number of nitrogens with one attached hydrogen (secondary N) is 2. The summed E-state index contributed by atoms with van der Waals surface area (Å²) in [4.78, 5) is 3.40. The molecule has 0 spiro atoms. The summed E-state index contributed by atoms with van der Waals surface area (Å²) in [5.74, 6) is 2.26. The summed E-state index contributed by atoms with van der Waals surface area (Å²) in [5, 5.41) is 15.8. The number of aliphatic hydroxyl groups excluding tert-OH is 1. The molecule has 0 bridgehead atoms. The van der Waals surface area contributed by atoms with E-state index in [4.69, 9.17) is 14.2 Å². The molecular formula is C24H26N2O4. The summed E-state index contributed by atoms with van der Waals surface area (Å²) in [7, 11) is 3.26. The van der Waals surface area contributed by atoms with E-state index in [9.17, 15) is 5.11 Å².